The topological polar surface area (TPSA) is 93.7 Å². The minimum absolute atomic E-state index is 0.0519. The van der Waals surface area contributed by atoms with Crippen LogP contribution in [-0.2, 0) is 10.0 Å². The maximum absolute atomic E-state index is 13.1. The molecule has 27 heavy (non-hydrogen) atoms. The molecule has 1 heterocycles. The molecule has 0 aliphatic heterocycles. The lowest BCUT2D eigenvalue weighted by Crippen LogP contribution is -2.30. The van der Waals surface area contributed by atoms with Gasteiger partial charge in [0, 0.05) is 24.1 Å². The molecule has 0 fully saturated rings. The van der Waals surface area contributed by atoms with Crippen LogP contribution < -0.4 is 0 Å². The molecule has 8 heteroatoms. The zero-order chi connectivity index (χ0) is 19.9. The zero-order valence-corrected chi connectivity index (χ0v) is 16.3. The van der Waals surface area contributed by atoms with E-state index < -0.39 is 21.0 Å². The molecule has 0 radical (unpaired) electrons. The third kappa shape index (κ3) is 3.33. The highest BCUT2D eigenvalue weighted by molar-refractivity contribution is 7.89. The fraction of sp³-hybridized carbons (Fsp3) is 0.263. The molecule has 1 unspecified atom stereocenters. The number of benzene rings is 2. The number of nitro groups is 1. The van der Waals surface area contributed by atoms with Crippen LogP contribution in [0.3, 0.4) is 0 Å². The Hall–Kier alpha value is -2.71. The van der Waals surface area contributed by atoms with Gasteiger partial charge in [-0.3, -0.25) is 10.1 Å². The normalized spacial score (nSPS) is 13.2. The van der Waals surface area contributed by atoms with Crippen LogP contribution >= 0.6 is 0 Å². The predicted molar refractivity (Wildman–Crippen MR) is 102 cm³/mol. The van der Waals surface area contributed by atoms with Crippen LogP contribution in [0.15, 0.2) is 51.8 Å². The van der Waals surface area contributed by atoms with Crippen molar-refractivity contribution in [2.75, 3.05) is 7.05 Å². The van der Waals surface area contributed by atoms with Crippen LogP contribution in [0.1, 0.15) is 29.9 Å². The van der Waals surface area contributed by atoms with Gasteiger partial charge < -0.3 is 4.42 Å². The number of hydrogen-bond donors (Lipinski definition) is 0. The smallest absolute Gasteiger partial charge is 0.272 e. The largest absolute Gasteiger partial charge is 0.459 e. The molecular weight excluding hydrogens is 368 g/mol. The van der Waals surface area contributed by atoms with Crippen LogP contribution in [0.25, 0.3) is 11.0 Å². The number of rotatable bonds is 5. The van der Waals surface area contributed by atoms with E-state index in [1.807, 2.05) is 30.3 Å². The van der Waals surface area contributed by atoms with Crippen LogP contribution in [0.4, 0.5) is 5.69 Å². The van der Waals surface area contributed by atoms with Crippen molar-refractivity contribution in [2.45, 2.75) is 31.7 Å². The molecule has 7 nitrogen and oxygen atoms in total. The third-order valence-corrected chi connectivity index (χ3v) is 6.82. The number of fused-ring (bicyclic) bond motifs is 1. The number of furan rings is 1. The molecular formula is C19H20N2O5S. The molecule has 0 saturated heterocycles. The molecule has 0 aliphatic rings. The summed E-state index contributed by atoms with van der Waals surface area (Å²) in [6, 6.07) is 11.4. The summed E-state index contributed by atoms with van der Waals surface area (Å²) in [7, 11) is -2.39. The van der Waals surface area contributed by atoms with Gasteiger partial charge in [0.1, 0.15) is 11.3 Å². The van der Waals surface area contributed by atoms with Crippen molar-refractivity contribution in [3.8, 4) is 0 Å². The monoisotopic (exact) mass is 388 g/mol. The molecule has 142 valence electrons. The first-order chi connectivity index (χ1) is 12.6. The Balaban J connectivity index is 2.01. The van der Waals surface area contributed by atoms with Crippen molar-refractivity contribution >= 4 is 26.7 Å². The predicted octanol–water partition coefficient (Wildman–Crippen LogP) is 4.34. The standard InChI is InChI=1S/C19H20N2O5S/c1-12-10-19(13(2)9-16(12)21(22)23)27(24,25)20(4)14(3)18-11-15-7-5-6-8-17(15)26-18/h5-11,14H,1-4H3. The summed E-state index contributed by atoms with van der Waals surface area (Å²) in [5, 5.41) is 12.0. The van der Waals surface area contributed by atoms with E-state index in [4.69, 9.17) is 4.42 Å². The van der Waals surface area contributed by atoms with Gasteiger partial charge in [0.25, 0.3) is 5.69 Å². The van der Waals surface area contributed by atoms with Crippen molar-refractivity contribution in [2.24, 2.45) is 0 Å². The number of nitrogens with zero attached hydrogens (tertiary/aromatic N) is 2. The number of sulfonamides is 1. The Labute approximate surface area is 157 Å². The molecule has 3 aromatic rings. The zero-order valence-electron chi connectivity index (χ0n) is 15.5. The first kappa shape index (κ1) is 19.1. The summed E-state index contributed by atoms with van der Waals surface area (Å²) in [5.41, 5.74) is 1.22. The van der Waals surface area contributed by atoms with E-state index in [1.165, 1.54) is 30.4 Å². The van der Waals surface area contributed by atoms with E-state index >= 15 is 0 Å². The third-order valence-electron chi connectivity index (χ3n) is 4.75. The van der Waals surface area contributed by atoms with Gasteiger partial charge in [0.05, 0.1) is 15.9 Å². The lowest BCUT2D eigenvalue weighted by Gasteiger charge is -2.23. The fourth-order valence-corrected chi connectivity index (χ4v) is 4.62. The molecule has 0 amide bonds. The highest BCUT2D eigenvalue weighted by Crippen LogP contribution is 2.33. The maximum Gasteiger partial charge on any atom is 0.272 e. The average Bonchev–Trinajstić information content (AvgIpc) is 3.05. The van der Waals surface area contributed by atoms with Gasteiger partial charge in [-0.15, -0.1) is 0 Å². The van der Waals surface area contributed by atoms with Gasteiger partial charge in [-0.2, -0.15) is 4.31 Å². The highest BCUT2D eigenvalue weighted by atomic mass is 32.2. The van der Waals surface area contributed by atoms with Crippen LogP contribution in [0.5, 0.6) is 0 Å². The Kier molecular flexibility index (Phi) is 4.79. The first-order valence-electron chi connectivity index (χ1n) is 8.35. The Morgan fingerprint density at radius 2 is 1.78 bits per heavy atom. The second-order valence-corrected chi connectivity index (χ2v) is 8.51. The quantitative estimate of drug-likeness (QED) is 0.479. The molecule has 0 N–H and O–H groups in total. The number of nitro benzene ring substituents is 1. The Morgan fingerprint density at radius 3 is 2.41 bits per heavy atom. The molecule has 0 spiro atoms. The van der Waals surface area contributed by atoms with Gasteiger partial charge >= 0.3 is 0 Å². The van der Waals surface area contributed by atoms with Crippen molar-refractivity contribution < 1.29 is 17.8 Å². The summed E-state index contributed by atoms with van der Waals surface area (Å²) < 4.78 is 33.3. The SMILES string of the molecule is Cc1cc(S(=O)(=O)N(C)C(C)c2cc3ccccc3o2)c(C)cc1[N+](=O)[O-]. The summed E-state index contributed by atoms with van der Waals surface area (Å²) in [4.78, 5) is 10.6. The van der Waals surface area contributed by atoms with Crippen molar-refractivity contribution in [3.05, 3.63) is 69.5 Å². The highest BCUT2D eigenvalue weighted by Gasteiger charge is 2.31. The second kappa shape index (κ2) is 6.79. The summed E-state index contributed by atoms with van der Waals surface area (Å²) >= 11 is 0. The van der Waals surface area contributed by atoms with Crippen LogP contribution in [-0.4, -0.2) is 24.7 Å². The lowest BCUT2D eigenvalue weighted by molar-refractivity contribution is -0.385. The van der Waals surface area contributed by atoms with Gasteiger partial charge in [-0.05, 0) is 44.5 Å². The molecule has 3 rings (SSSR count). The van der Waals surface area contributed by atoms with E-state index in [0.29, 0.717) is 22.5 Å². The molecule has 2 aromatic carbocycles. The molecule has 0 saturated carbocycles. The van der Waals surface area contributed by atoms with Gasteiger partial charge in [-0.25, -0.2) is 8.42 Å². The van der Waals surface area contributed by atoms with E-state index in [1.54, 1.807) is 13.8 Å². The molecule has 0 bridgehead atoms. The van der Waals surface area contributed by atoms with E-state index in [9.17, 15) is 18.5 Å². The van der Waals surface area contributed by atoms with Crippen LogP contribution in [0, 0.1) is 24.0 Å². The van der Waals surface area contributed by atoms with Crippen molar-refractivity contribution in [1.29, 1.82) is 0 Å². The molecule has 1 atom stereocenters. The maximum atomic E-state index is 13.1. The summed E-state index contributed by atoms with van der Waals surface area (Å²) in [6.07, 6.45) is 0. The summed E-state index contributed by atoms with van der Waals surface area (Å²) in [5.74, 6) is 0.526. The number of para-hydroxylation sites is 1. The second-order valence-electron chi connectivity index (χ2n) is 6.55. The fourth-order valence-electron chi connectivity index (χ4n) is 3.00. The average molecular weight is 388 g/mol. The Bertz CT molecular complexity index is 1100. The minimum atomic E-state index is -3.87. The number of hydrogen-bond acceptors (Lipinski definition) is 5. The van der Waals surface area contributed by atoms with E-state index in [0.717, 1.165) is 5.39 Å². The lowest BCUT2D eigenvalue weighted by atomic mass is 10.1. The van der Waals surface area contributed by atoms with Gasteiger partial charge in [0.15, 0.2) is 0 Å². The minimum Gasteiger partial charge on any atom is -0.459 e. The Morgan fingerprint density at radius 1 is 1.11 bits per heavy atom. The van der Waals surface area contributed by atoms with Crippen molar-refractivity contribution in [1.82, 2.24) is 4.31 Å². The summed E-state index contributed by atoms with van der Waals surface area (Å²) in [6.45, 7) is 4.82. The van der Waals surface area contributed by atoms with Gasteiger partial charge in [0.2, 0.25) is 10.0 Å². The number of aryl methyl sites for hydroxylation is 2. The van der Waals surface area contributed by atoms with Gasteiger partial charge in [-0.1, -0.05) is 18.2 Å². The first-order valence-corrected chi connectivity index (χ1v) is 9.79. The van der Waals surface area contributed by atoms with Crippen molar-refractivity contribution in [3.63, 3.8) is 0 Å². The van der Waals surface area contributed by atoms with Crippen LogP contribution in [0.2, 0.25) is 0 Å². The van der Waals surface area contributed by atoms with E-state index in [2.05, 4.69) is 0 Å². The molecule has 1 aromatic heterocycles. The molecule has 0 aliphatic carbocycles. The van der Waals surface area contributed by atoms with E-state index in [-0.39, 0.29) is 10.6 Å².